The molecule has 294 valence electrons. The van der Waals surface area contributed by atoms with Gasteiger partial charge in [-0.2, -0.15) is 0 Å². The number of aliphatic hydroxyl groups excluding tert-OH is 4. The molecule has 0 bridgehead atoms. The van der Waals surface area contributed by atoms with E-state index in [1.54, 1.807) is 0 Å². The van der Waals surface area contributed by atoms with Crippen LogP contribution < -0.4 is 17.0 Å². The smallest absolute Gasteiger partial charge is 0.330 e. The second-order valence-electron chi connectivity index (χ2n) is 13.9. The van der Waals surface area contributed by atoms with E-state index >= 15 is 0 Å². The molecule has 8 unspecified atom stereocenters. The lowest BCUT2D eigenvalue weighted by Gasteiger charge is -2.35. The number of esters is 1. The minimum Gasteiger partial charge on any atom is -0.480 e. The molecule has 3 saturated heterocycles. The highest BCUT2D eigenvalue weighted by atomic mass is 16.7. The van der Waals surface area contributed by atoms with Crippen molar-refractivity contribution in [2.24, 2.45) is 11.7 Å². The van der Waals surface area contributed by atoms with Crippen molar-refractivity contribution >= 4 is 17.8 Å². The Kier molecular flexibility index (Phi) is 15.3. The Bertz CT molecular complexity index is 1460. The maximum atomic E-state index is 14.1. The number of amides is 1. The first-order chi connectivity index (χ1) is 24.8. The number of aromatic amines is 1. The van der Waals surface area contributed by atoms with E-state index in [1.165, 1.54) is 32.7 Å². The van der Waals surface area contributed by atoms with Crippen LogP contribution in [0.5, 0.6) is 0 Å². The molecule has 18 heteroatoms. The second-order valence-corrected chi connectivity index (χ2v) is 13.9. The Hall–Kier alpha value is -3.23. The maximum Gasteiger partial charge on any atom is 0.330 e. The predicted molar refractivity (Wildman–Crippen MR) is 180 cm³/mol. The lowest BCUT2D eigenvalue weighted by atomic mass is 9.89. The van der Waals surface area contributed by atoms with Gasteiger partial charge in [0.1, 0.15) is 48.8 Å². The van der Waals surface area contributed by atoms with Crippen molar-refractivity contribution in [3.05, 3.63) is 33.1 Å². The van der Waals surface area contributed by atoms with Gasteiger partial charge in [-0.1, -0.05) is 58.3 Å². The van der Waals surface area contributed by atoms with Gasteiger partial charge in [0.25, 0.3) is 5.56 Å². The van der Waals surface area contributed by atoms with Crippen LogP contribution in [-0.4, -0.2) is 133 Å². The van der Waals surface area contributed by atoms with E-state index in [-0.39, 0.29) is 25.8 Å². The fraction of sp³-hybridized carbons (Fsp3) is 0.794. The quantitative estimate of drug-likeness (QED) is 0.0709. The molecule has 18 nitrogen and oxygen atoms in total. The van der Waals surface area contributed by atoms with Crippen molar-refractivity contribution in [2.45, 2.75) is 151 Å². The summed E-state index contributed by atoms with van der Waals surface area (Å²) in [5, 5.41) is 53.6. The monoisotopic (exact) mass is 742 g/mol. The largest absolute Gasteiger partial charge is 0.480 e. The number of carbonyl (C=O) groups is 3. The first-order valence-electron chi connectivity index (χ1n) is 18.2. The summed E-state index contributed by atoms with van der Waals surface area (Å²) in [6.07, 6.45) is -5.39. The first kappa shape index (κ1) is 41.5. The molecule has 0 spiro atoms. The van der Waals surface area contributed by atoms with Gasteiger partial charge >= 0.3 is 17.6 Å². The highest BCUT2D eigenvalue weighted by molar-refractivity contribution is 5.86. The van der Waals surface area contributed by atoms with Crippen molar-refractivity contribution in [2.75, 3.05) is 13.6 Å². The van der Waals surface area contributed by atoms with Gasteiger partial charge in [0.05, 0.1) is 5.92 Å². The zero-order chi connectivity index (χ0) is 38.1. The Morgan fingerprint density at radius 2 is 1.60 bits per heavy atom. The van der Waals surface area contributed by atoms with Gasteiger partial charge in [0, 0.05) is 32.3 Å². The highest BCUT2D eigenvalue weighted by Gasteiger charge is 2.55. The van der Waals surface area contributed by atoms with E-state index in [0.29, 0.717) is 6.42 Å². The number of aliphatic hydroxyl groups is 4. The molecule has 0 radical (unpaired) electrons. The van der Waals surface area contributed by atoms with Gasteiger partial charge < -0.3 is 55.1 Å². The molecule has 1 amide bonds. The Labute approximate surface area is 300 Å². The molecule has 1 aromatic rings. The number of aromatic nitrogens is 2. The van der Waals surface area contributed by atoms with Gasteiger partial charge in [-0.3, -0.25) is 23.9 Å². The minimum atomic E-state index is -1.83. The number of carboxylic acid groups (broad SMARTS) is 1. The summed E-state index contributed by atoms with van der Waals surface area (Å²) < 4.78 is 24.1. The fourth-order valence-electron chi connectivity index (χ4n) is 7.23. The number of nitrogens with two attached hydrogens (primary N) is 1. The third-order valence-corrected chi connectivity index (χ3v) is 10.2. The van der Waals surface area contributed by atoms with Crippen LogP contribution in [0.4, 0.5) is 0 Å². The molecule has 8 N–H and O–H groups in total. The van der Waals surface area contributed by atoms with Crippen LogP contribution in [0.15, 0.2) is 21.9 Å². The normalized spacial score (nSPS) is 32.9. The number of nitrogens with zero attached hydrogens (tertiary/aromatic N) is 2. The molecule has 4 rings (SSSR count). The zero-order valence-electron chi connectivity index (χ0n) is 29.7. The number of likely N-dealkylation sites (tertiary alicyclic amines) is 1. The highest BCUT2D eigenvalue weighted by Crippen LogP contribution is 2.39. The van der Waals surface area contributed by atoms with Crippen LogP contribution in [0.1, 0.15) is 90.2 Å². The molecule has 3 aliphatic heterocycles. The summed E-state index contributed by atoms with van der Waals surface area (Å²) in [5.74, 6) is -4.20. The molecular formula is C34H54N4O14. The molecule has 3 aliphatic rings. The number of carboxylic acids is 1. The van der Waals surface area contributed by atoms with E-state index in [2.05, 4.69) is 6.92 Å². The Morgan fingerprint density at radius 1 is 0.942 bits per heavy atom. The third kappa shape index (κ3) is 9.84. The number of aliphatic carboxylic acids is 1. The standard InChI is InChI=1S/C34H54N4O14/c1-3-4-5-6-7-8-9-10-11-12-22(40)49-19-14-13-18(30(45)37(2)23(19)32(46)47)28(52-33-27(44)24(41)20(17-35)50-33)29-25(42)26(43)31(51-29)38-16-15-21(39)36-34(38)48/h15-16,18-20,23-29,31,33,41-44H,3-14,17,35H2,1-2H3,(H,46,47)(H,36,39,48)/t18-,19-,20?,23-,24?,25?,26?,27?,28-,29?,31?,33?/m0/s1. The van der Waals surface area contributed by atoms with Gasteiger partial charge in [-0.05, 0) is 19.3 Å². The molecule has 0 aromatic carbocycles. The van der Waals surface area contributed by atoms with Gasteiger partial charge in [0.15, 0.2) is 18.6 Å². The SMILES string of the molecule is CCCCCCCCCCCC(=O)O[C@H]1CC[C@@H]([C@H](OC2OC(CN)C(O)C2O)C2OC(n3ccc(=O)[nH]c3=O)C(O)C2O)C(=O)N(C)[C@@H]1C(=O)O. The number of hydrogen-bond donors (Lipinski definition) is 7. The van der Waals surface area contributed by atoms with Gasteiger partial charge in [-0.15, -0.1) is 0 Å². The van der Waals surface area contributed by atoms with E-state index in [0.717, 1.165) is 47.4 Å². The van der Waals surface area contributed by atoms with Crippen molar-refractivity contribution < 1.29 is 58.9 Å². The summed E-state index contributed by atoms with van der Waals surface area (Å²) in [7, 11) is 1.22. The summed E-state index contributed by atoms with van der Waals surface area (Å²) in [6.45, 7) is 1.95. The molecule has 1 aromatic heterocycles. The molecule has 4 heterocycles. The van der Waals surface area contributed by atoms with Crippen molar-refractivity contribution in [1.82, 2.24) is 14.5 Å². The molecular weight excluding hydrogens is 688 g/mol. The number of H-pyrrole nitrogens is 1. The van der Waals surface area contributed by atoms with Crippen LogP contribution in [0.25, 0.3) is 0 Å². The number of likely N-dealkylation sites (N-methyl/N-ethyl adjacent to an activating group) is 1. The molecule has 12 atom stereocenters. The topological polar surface area (TPSA) is 273 Å². The number of carbonyl (C=O) groups excluding carboxylic acids is 2. The van der Waals surface area contributed by atoms with E-state index in [4.69, 9.17) is 24.7 Å². The summed E-state index contributed by atoms with van der Waals surface area (Å²) in [5.41, 5.74) is 3.97. The summed E-state index contributed by atoms with van der Waals surface area (Å²) in [6, 6.07) is -0.593. The Morgan fingerprint density at radius 3 is 2.19 bits per heavy atom. The van der Waals surface area contributed by atoms with Crippen LogP contribution in [-0.2, 0) is 33.3 Å². The average Bonchev–Trinajstić information content (AvgIpc) is 3.50. The van der Waals surface area contributed by atoms with E-state index < -0.39 is 102 Å². The van der Waals surface area contributed by atoms with Crippen LogP contribution >= 0.6 is 0 Å². The van der Waals surface area contributed by atoms with Crippen molar-refractivity contribution in [3.8, 4) is 0 Å². The van der Waals surface area contributed by atoms with Crippen molar-refractivity contribution in [1.29, 1.82) is 0 Å². The average molecular weight is 743 g/mol. The summed E-state index contributed by atoms with van der Waals surface area (Å²) in [4.78, 5) is 66.7. The molecule has 52 heavy (non-hydrogen) atoms. The first-order valence-corrected chi connectivity index (χ1v) is 18.2. The molecule has 3 fully saturated rings. The minimum absolute atomic E-state index is 0.0680. The van der Waals surface area contributed by atoms with Gasteiger partial charge in [-0.25, -0.2) is 9.59 Å². The lowest BCUT2D eigenvalue weighted by Crippen LogP contribution is -2.54. The van der Waals surface area contributed by atoms with Crippen LogP contribution in [0, 0.1) is 5.92 Å². The van der Waals surface area contributed by atoms with Gasteiger partial charge in [0.2, 0.25) is 5.91 Å². The third-order valence-electron chi connectivity index (χ3n) is 10.2. The zero-order valence-corrected chi connectivity index (χ0v) is 29.7. The molecule has 0 aliphatic carbocycles. The summed E-state index contributed by atoms with van der Waals surface area (Å²) >= 11 is 0. The second kappa shape index (κ2) is 19.2. The number of unbranched alkanes of at least 4 members (excludes halogenated alkanes) is 8. The number of ether oxygens (including phenoxy) is 4. The number of nitrogens with one attached hydrogen (secondary N) is 1. The van der Waals surface area contributed by atoms with Crippen LogP contribution in [0.2, 0.25) is 0 Å². The van der Waals surface area contributed by atoms with Crippen molar-refractivity contribution in [3.63, 3.8) is 0 Å². The van der Waals surface area contributed by atoms with Crippen LogP contribution in [0.3, 0.4) is 0 Å². The maximum absolute atomic E-state index is 14.1. The predicted octanol–water partition coefficient (Wildman–Crippen LogP) is -0.899. The van der Waals surface area contributed by atoms with E-state index in [9.17, 15) is 49.5 Å². The Balaban J connectivity index is 1.53. The number of rotatable bonds is 18. The number of hydrogen-bond acceptors (Lipinski definition) is 14. The van der Waals surface area contributed by atoms with E-state index in [1.807, 2.05) is 4.98 Å². The lowest BCUT2D eigenvalue weighted by molar-refractivity contribution is -0.233. The fourth-order valence-corrected chi connectivity index (χ4v) is 7.23. The molecule has 0 saturated carbocycles.